The molecule has 0 spiro atoms. The van der Waals surface area contributed by atoms with E-state index in [9.17, 15) is 14.4 Å². The van der Waals surface area contributed by atoms with E-state index < -0.39 is 5.97 Å². The highest BCUT2D eigenvalue weighted by atomic mass is 32.2. The van der Waals surface area contributed by atoms with Gasteiger partial charge < -0.3 is 15.0 Å². The van der Waals surface area contributed by atoms with Crippen molar-refractivity contribution in [3.05, 3.63) is 22.1 Å². The zero-order valence-electron chi connectivity index (χ0n) is 14.7. The number of esters is 1. The molecule has 1 saturated carbocycles. The lowest BCUT2D eigenvalue weighted by Gasteiger charge is -2.19. The van der Waals surface area contributed by atoms with E-state index in [1.807, 2.05) is 0 Å². The molecule has 1 amide bonds. The molecule has 0 saturated heterocycles. The van der Waals surface area contributed by atoms with Crippen LogP contribution < -0.4 is 10.9 Å². The summed E-state index contributed by atoms with van der Waals surface area (Å²) in [5.41, 5.74) is -0.0257. The van der Waals surface area contributed by atoms with Crippen molar-refractivity contribution in [1.82, 2.24) is 15.3 Å². The molecule has 2 N–H and O–H groups in total. The number of carbonyl (C=O) groups is 2. The Morgan fingerprint density at radius 1 is 1.36 bits per heavy atom. The molecule has 0 radical (unpaired) electrons. The third-order valence-corrected chi connectivity index (χ3v) is 5.17. The van der Waals surface area contributed by atoms with Gasteiger partial charge in [-0.2, -0.15) is 0 Å². The first-order valence-electron chi connectivity index (χ1n) is 8.62. The molecule has 1 fully saturated rings. The van der Waals surface area contributed by atoms with Gasteiger partial charge in [-0.05, 0) is 19.8 Å². The maximum Gasteiger partial charge on any atom is 0.311 e. The SMILES string of the molecule is COC(=O)Cc1cc(=O)[nH]c(S[C@H](C)C(=O)NC2CCCCCC2)n1. The fraction of sp³-hybridized carbons (Fsp3) is 0.647. The molecule has 1 atom stereocenters. The largest absolute Gasteiger partial charge is 0.469 e. The van der Waals surface area contributed by atoms with Crippen LogP contribution in [0.25, 0.3) is 0 Å². The van der Waals surface area contributed by atoms with Gasteiger partial charge in [0.1, 0.15) is 0 Å². The number of nitrogens with one attached hydrogen (secondary N) is 2. The van der Waals surface area contributed by atoms with Crippen molar-refractivity contribution in [3.63, 3.8) is 0 Å². The Morgan fingerprint density at radius 3 is 2.68 bits per heavy atom. The molecule has 1 aliphatic rings. The smallest absolute Gasteiger partial charge is 0.311 e. The van der Waals surface area contributed by atoms with Gasteiger partial charge in [-0.25, -0.2) is 4.98 Å². The van der Waals surface area contributed by atoms with Gasteiger partial charge >= 0.3 is 5.97 Å². The number of hydrogen-bond donors (Lipinski definition) is 2. The highest BCUT2D eigenvalue weighted by Gasteiger charge is 2.21. The Balaban J connectivity index is 1.96. The second kappa shape index (κ2) is 9.60. The molecule has 138 valence electrons. The van der Waals surface area contributed by atoms with Gasteiger partial charge in [0.25, 0.3) is 5.56 Å². The van der Waals surface area contributed by atoms with Crippen LogP contribution in [0.2, 0.25) is 0 Å². The van der Waals surface area contributed by atoms with E-state index in [0.717, 1.165) is 25.7 Å². The Kier molecular flexibility index (Phi) is 7.49. The summed E-state index contributed by atoms with van der Waals surface area (Å²) < 4.78 is 4.59. The molecule has 1 aromatic rings. The summed E-state index contributed by atoms with van der Waals surface area (Å²) in [7, 11) is 1.28. The topological polar surface area (TPSA) is 101 Å². The standard InChI is InChI=1S/C17H25N3O4S/c1-11(16(23)18-12-7-5-3-4-6-8-12)25-17-19-13(9-14(21)20-17)10-15(22)24-2/h9,11-12H,3-8,10H2,1-2H3,(H,18,23)(H,19,20,21)/t11-/m1/s1. The number of aromatic amines is 1. The summed E-state index contributed by atoms with van der Waals surface area (Å²) in [4.78, 5) is 42.3. The van der Waals surface area contributed by atoms with E-state index in [-0.39, 0.29) is 29.2 Å². The van der Waals surface area contributed by atoms with Crippen molar-refractivity contribution in [1.29, 1.82) is 0 Å². The second-order valence-corrected chi connectivity index (χ2v) is 7.58. The predicted molar refractivity (Wildman–Crippen MR) is 95.5 cm³/mol. The van der Waals surface area contributed by atoms with Crippen molar-refractivity contribution in [2.45, 2.75) is 68.3 Å². The van der Waals surface area contributed by atoms with Crippen LogP contribution in [-0.4, -0.2) is 40.2 Å². The van der Waals surface area contributed by atoms with E-state index >= 15 is 0 Å². The van der Waals surface area contributed by atoms with E-state index in [1.54, 1.807) is 6.92 Å². The number of ether oxygens (including phenoxy) is 1. The maximum absolute atomic E-state index is 12.4. The van der Waals surface area contributed by atoms with Gasteiger partial charge in [-0.1, -0.05) is 37.4 Å². The number of hydrogen-bond acceptors (Lipinski definition) is 6. The van der Waals surface area contributed by atoms with Crippen LogP contribution in [0.15, 0.2) is 16.0 Å². The minimum absolute atomic E-state index is 0.0575. The lowest BCUT2D eigenvalue weighted by atomic mass is 10.1. The molecular formula is C17H25N3O4S. The summed E-state index contributed by atoms with van der Waals surface area (Å²) in [5.74, 6) is -0.522. The minimum atomic E-state index is -0.465. The molecule has 1 heterocycles. The summed E-state index contributed by atoms with van der Waals surface area (Å²) in [5, 5.41) is 3.04. The summed E-state index contributed by atoms with van der Waals surface area (Å²) in [6.45, 7) is 1.78. The Bertz CT molecular complexity index is 654. The zero-order valence-corrected chi connectivity index (χ0v) is 15.5. The van der Waals surface area contributed by atoms with Crippen LogP contribution in [0.3, 0.4) is 0 Å². The van der Waals surface area contributed by atoms with Crippen LogP contribution in [0.4, 0.5) is 0 Å². The fourth-order valence-corrected chi connectivity index (χ4v) is 3.65. The summed E-state index contributed by atoms with van der Waals surface area (Å²) in [6, 6.07) is 1.49. The summed E-state index contributed by atoms with van der Waals surface area (Å²) >= 11 is 1.18. The Labute approximate surface area is 151 Å². The number of H-pyrrole nitrogens is 1. The normalized spacial score (nSPS) is 16.7. The Hall–Kier alpha value is -1.83. The second-order valence-electron chi connectivity index (χ2n) is 6.25. The van der Waals surface area contributed by atoms with Crippen LogP contribution in [0.1, 0.15) is 51.1 Å². The highest BCUT2D eigenvalue weighted by Crippen LogP contribution is 2.21. The van der Waals surface area contributed by atoms with Crippen molar-refractivity contribution < 1.29 is 14.3 Å². The number of rotatable bonds is 6. The van der Waals surface area contributed by atoms with Crippen LogP contribution in [0, 0.1) is 0 Å². The number of aromatic nitrogens is 2. The first kappa shape index (κ1) is 19.5. The molecular weight excluding hydrogens is 342 g/mol. The van der Waals surface area contributed by atoms with E-state index in [2.05, 4.69) is 20.0 Å². The van der Waals surface area contributed by atoms with Gasteiger partial charge in [0.15, 0.2) is 5.16 Å². The lowest BCUT2D eigenvalue weighted by Crippen LogP contribution is -2.39. The van der Waals surface area contributed by atoms with Crippen molar-refractivity contribution >= 4 is 23.6 Å². The third-order valence-electron chi connectivity index (χ3n) is 4.19. The van der Waals surface area contributed by atoms with E-state index in [0.29, 0.717) is 10.9 Å². The highest BCUT2D eigenvalue weighted by molar-refractivity contribution is 8.00. The number of nitrogens with zero attached hydrogens (tertiary/aromatic N) is 1. The molecule has 0 aliphatic heterocycles. The molecule has 0 aromatic carbocycles. The number of amides is 1. The zero-order chi connectivity index (χ0) is 18.2. The molecule has 7 nitrogen and oxygen atoms in total. The number of methoxy groups -OCH3 is 1. The van der Waals surface area contributed by atoms with Crippen LogP contribution in [0.5, 0.6) is 0 Å². The fourth-order valence-electron chi connectivity index (χ4n) is 2.81. The molecule has 1 aliphatic carbocycles. The molecule has 0 unspecified atom stereocenters. The van der Waals surface area contributed by atoms with Gasteiger partial charge in [-0.15, -0.1) is 0 Å². The number of thioether (sulfide) groups is 1. The summed E-state index contributed by atoms with van der Waals surface area (Å²) in [6.07, 6.45) is 6.73. The quantitative estimate of drug-likeness (QED) is 0.344. The maximum atomic E-state index is 12.4. The van der Waals surface area contributed by atoms with Crippen LogP contribution >= 0.6 is 11.8 Å². The van der Waals surface area contributed by atoms with Crippen molar-refractivity contribution in [3.8, 4) is 0 Å². The average Bonchev–Trinajstić information content (AvgIpc) is 2.82. The lowest BCUT2D eigenvalue weighted by molar-refractivity contribution is -0.139. The van der Waals surface area contributed by atoms with Crippen LogP contribution in [-0.2, 0) is 20.7 Å². The molecule has 1 aromatic heterocycles. The monoisotopic (exact) mass is 367 g/mol. The van der Waals surface area contributed by atoms with Gasteiger partial charge in [-0.3, -0.25) is 14.4 Å². The molecule has 2 rings (SSSR count). The minimum Gasteiger partial charge on any atom is -0.469 e. The average molecular weight is 367 g/mol. The first-order valence-corrected chi connectivity index (χ1v) is 9.50. The Morgan fingerprint density at radius 2 is 2.04 bits per heavy atom. The predicted octanol–water partition coefficient (Wildman–Crippen LogP) is 1.80. The molecule has 25 heavy (non-hydrogen) atoms. The van der Waals surface area contributed by atoms with Crippen molar-refractivity contribution in [2.75, 3.05) is 7.11 Å². The van der Waals surface area contributed by atoms with E-state index in [4.69, 9.17) is 0 Å². The molecule has 0 bridgehead atoms. The van der Waals surface area contributed by atoms with Gasteiger partial charge in [0, 0.05) is 12.1 Å². The van der Waals surface area contributed by atoms with Crippen molar-refractivity contribution in [2.24, 2.45) is 0 Å². The third kappa shape index (κ3) is 6.53. The number of carbonyl (C=O) groups excluding carboxylic acids is 2. The van der Waals surface area contributed by atoms with Gasteiger partial charge in [0.05, 0.1) is 24.5 Å². The molecule has 8 heteroatoms. The first-order chi connectivity index (χ1) is 12.0. The van der Waals surface area contributed by atoms with E-state index in [1.165, 1.54) is 37.8 Å². The van der Waals surface area contributed by atoms with Gasteiger partial charge in [0.2, 0.25) is 5.91 Å².